The molecule has 6 nitrogen and oxygen atoms in total. The van der Waals surface area contributed by atoms with Crippen molar-refractivity contribution in [3.8, 4) is 11.3 Å². The Balaban J connectivity index is 1.43. The Bertz CT molecular complexity index is 1410. The molecule has 3 aromatic carbocycles. The second kappa shape index (κ2) is 7.80. The number of anilines is 2. The van der Waals surface area contributed by atoms with Crippen molar-refractivity contribution in [1.82, 2.24) is 19.8 Å². The van der Waals surface area contributed by atoms with Crippen molar-refractivity contribution >= 4 is 39.7 Å². The molecule has 7 heteroatoms. The average Bonchev–Trinajstić information content (AvgIpc) is 3.29. The maximum Gasteiger partial charge on any atom is 0.186 e. The van der Waals surface area contributed by atoms with Gasteiger partial charge in [-0.15, -0.1) is 5.10 Å². The van der Waals surface area contributed by atoms with Gasteiger partial charge in [0.25, 0.3) is 0 Å². The average molecular weight is 441 g/mol. The summed E-state index contributed by atoms with van der Waals surface area (Å²) in [5.41, 5.74) is 4.66. The van der Waals surface area contributed by atoms with Crippen LogP contribution in [0.25, 0.3) is 27.8 Å². The maximum absolute atomic E-state index is 6.24. The number of aromatic nitrogens is 4. The van der Waals surface area contributed by atoms with Crippen LogP contribution in [0.2, 0.25) is 5.02 Å². The Morgan fingerprint density at radius 3 is 2.31 bits per heavy atom. The van der Waals surface area contributed by atoms with Crippen molar-refractivity contribution in [2.75, 3.05) is 36.0 Å². The summed E-state index contributed by atoms with van der Waals surface area (Å²) in [7, 11) is 0. The zero-order valence-electron chi connectivity index (χ0n) is 17.4. The molecule has 0 atom stereocenters. The number of benzene rings is 3. The Morgan fingerprint density at radius 2 is 1.50 bits per heavy atom. The predicted octanol–water partition coefficient (Wildman–Crippen LogP) is 4.92. The molecule has 1 fully saturated rings. The van der Waals surface area contributed by atoms with Crippen LogP contribution in [0.15, 0.2) is 78.9 Å². The number of fused-ring (bicyclic) bond motifs is 3. The van der Waals surface area contributed by atoms with E-state index in [4.69, 9.17) is 16.6 Å². The second-order valence-corrected chi connectivity index (χ2v) is 8.38. The first kappa shape index (κ1) is 19.1. The molecule has 0 aliphatic carbocycles. The number of hydrogen-bond donors (Lipinski definition) is 0. The van der Waals surface area contributed by atoms with E-state index in [0.29, 0.717) is 5.02 Å². The lowest BCUT2D eigenvalue weighted by Crippen LogP contribution is -2.47. The highest BCUT2D eigenvalue weighted by molar-refractivity contribution is 6.30. The highest BCUT2D eigenvalue weighted by Crippen LogP contribution is 2.31. The van der Waals surface area contributed by atoms with Gasteiger partial charge in [-0.1, -0.05) is 59.3 Å². The van der Waals surface area contributed by atoms with Crippen molar-refractivity contribution < 1.29 is 0 Å². The van der Waals surface area contributed by atoms with Gasteiger partial charge in [0, 0.05) is 47.8 Å². The molecule has 0 saturated carbocycles. The smallest absolute Gasteiger partial charge is 0.186 e. The minimum atomic E-state index is 0.668. The molecule has 1 aliphatic heterocycles. The van der Waals surface area contributed by atoms with E-state index >= 15 is 0 Å². The highest BCUT2D eigenvalue weighted by Gasteiger charge is 2.23. The van der Waals surface area contributed by atoms with Crippen LogP contribution in [0.5, 0.6) is 0 Å². The standard InChI is InChI=1S/C25H21ClN6/c26-19-8-6-7-18(17-19)23-25-27-24(21-11-4-5-12-22(21)32(25)29-28-23)31-15-13-30(14-16-31)20-9-2-1-3-10-20/h1-12,17H,13-16H2. The molecule has 0 bridgehead atoms. The lowest BCUT2D eigenvalue weighted by Gasteiger charge is -2.37. The summed E-state index contributed by atoms with van der Waals surface area (Å²) in [5, 5.41) is 10.6. The molecule has 32 heavy (non-hydrogen) atoms. The highest BCUT2D eigenvalue weighted by atomic mass is 35.5. The summed E-state index contributed by atoms with van der Waals surface area (Å²) >= 11 is 6.24. The van der Waals surface area contributed by atoms with Gasteiger partial charge < -0.3 is 9.80 Å². The molecule has 6 rings (SSSR count). The first-order valence-electron chi connectivity index (χ1n) is 10.7. The second-order valence-electron chi connectivity index (χ2n) is 7.95. The SMILES string of the molecule is Clc1cccc(-c2nnn3c2nc(N2CCN(c4ccccc4)CC2)c2ccccc23)c1. The molecule has 0 unspecified atom stereocenters. The molecule has 3 heterocycles. The van der Waals surface area contributed by atoms with Gasteiger partial charge in [0.15, 0.2) is 5.65 Å². The molecule has 1 saturated heterocycles. The van der Waals surface area contributed by atoms with Crippen LogP contribution in [0.4, 0.5) is 11.5 Å². The minimum Gasteiger partial charge on any atom is -0.368 e. The molecule has 0 N–H and O–H groups in total. The Labute approximate surface area is 190 Å². The number of nitrogens with zero attached hydrogens (tertiary/aromatic N) is 6. The molecule has 0 spiro atoms. The molecule has 1 aliphatic rings. The lowest BCUT2D eigenvalue weighted by molar-refractivity contribution is 0.649. The van der Waals surface area contributed by atoms with E-state index in [1.54, 1.807) is 0 Å². The number of piperazine rings is 1. The topological polar surface area (TPSA) is 49.6 Å². The Hall–Kier alpha value is -3.64. The Kier molecular flexibility index (Phi) is 4.65. The van der Waals surface area contributed by atoms with Crippen molar-refractivity contribution in [2.45, 2.75) is 0 Å². The van der Waals surface area contributed by atoms with Gasteiger partial charge in [0.05, 0.1) is 5.52 Å². The first-order valence-corrected chi connectivity index (χ1v) is 11.1. The normalized spacial score (nSPS) is 14.4. The maximum atomic E-state index is 6.24. The van der Waals surface area contributed by atoms with E-state index in [9.17, 15) is 0 Å². The van der Waals surface area contributed by atoms with Gasteiger partial charge in [-0.2, -0.15) is 4.52 Å². The third-order valence-corrected chi connectivity index (χ3v) is 6.27. The van der Waals surface area contributed by atoms with Gasteiger partial charge in [-0.25, -0.2) is 4.98 Å². The molecule has 158 valence electrons. The van der Waals surface area contributed by atoms with Gasteiger partial charge in [0.1, 0.15) is 11.5 Å². The number of rotatable bonds is 3. The molecule has 5 aromatic rings. The zero-order chi connectivity index (χ0) is 21.5. The van der Waals surface area contributed by atoms with Crippen LogP contribution in [0.3, 0.4) is 0 Å². The van der Waals surface area contributed by atoms with E-state index in [-0.39, 0.29) is 0 Å². The van der Waals surface area contributed by atoms with Gasteiger partial charge in [0.2, 0.25) is 0 Å². The number of hydrogen-bond acceptors (Lipinski definition) is 5. The quantitative estimate of drug-likeness (QED) is 0.398. The summed E-state index contributed by atoms with van der Waals surface area (Å²) in [4.78, 5) is 9.89. The van der Waals surface area contributed by atoms with Gasteiger partial charge in [-0.05, 0) is 36.4 Å². The number of halogens is 1. The van der Waals surface area contributed by atoms with Gasteiger partial charge in [-0.3, -0.25) is 0 Å². The number of para-hydroxylation sites is 2. The summed E-state index contributed by atoms with van der Waals surface area (Å²) in [6, 6.07) is 26.5. The fourth-order valence-electron chi connectivity index (χ4n) is 4.43. The summed E-state index contributed by atoms with van der Waals surface area (Å²) in [6.07, 6.45) is 0. The van der Waals surface area contributed by atoms with Crippen LogP contribution >= 0.6 is 11.6 Å². The first-order chi connectivity index (χ1) is 15.8. The van der Waals surface area contributed by atoms with Crippen molar-refractivity contribution in [1.29, 1.82) is 0 Å². The summed E-state index contributed by atoms with van der Waals surface area (Å²) in [5.74, 6) is 0.978. The monoisotopic (exact) mass is 440 g/mol. The van der Waals surface area contributed by atoms with E-state index in [1.165, 1.54) is 5.69 Å². The van der Waals surface area contributed by atoms with Crippen molar-refractivity contribution in [2.24, 2.45) is 0 Å². The molecular weight excluding hydrogens is 420 g/mol. The zero-order valence-corrected chi connectivity index (χ0v) is 18.2. The van der Waals surface area contributed by atoms with Crippen LogP contribution in [-0.2, 0) is 0 Å². The van der Waals surface area contributed by atoms with Crippen LogP contribution in [0, 0.1) is 0 Å². The summed E-state index contributed by atoms with van der Waals surface area (Å²) < 4.78 is 1.83. The third-order valence-electron chi connectivity index (χ3n) is 6.03. The third kappa shape index (κ3) is 3.24. The van der Waals surface area contributed by atoms with E-state index in [1.807, 2.05) is 40.9 Å². The van der Waals surface area contributed by atoms with Gasteiger partial charge >= 0.3 is 0 Å². The van der Waals surface area contributed by atoms with Crippen LogP contribution in [0.1, 0.15) is 0 Å². The molecule has 2 aromatic heterocycles. The van der Waals surface area contributed by atoms with E-state index in [2.05, 4.69) is 62.6 Å². The fourth-order valence-corrected chi connectivity index (χ4v) is 4.62. The molecule has 0 amide bonds. The minimum absolute atomic E-state index is 0.668. The van der Waals surface area contributed by atoms with E-state index in [0.717, 1.165) is 59.8 Å². The van der Waals surface area contributed by atoms with Crippen molar-refractivity contribution in [3.05, 3.63) is 83.9 Å². The predicted molar refractivity (Wildman–Crippen MR) is 130 cm³/mol. The van der Waals surface area contributed by atoms with Crippen LogP contribution in [-0.4, -0.2) is 46.0 Å². The largest absolute Gasteiger partial charge is 0.368 e. The fraction of sp³-hybridized carbons (Fsp3) is 0.160. The summed E-state index contributed by atoms with van der Waals surface area (Å²) in [6.45, 7) is 3.69. The molecular formula is C25H21ClN6. The molecule has 0 radical (unpaired) electrons. The van der Waals surface area contributed by atoms with Crippen LogP contribution < -0.4 is 9.80 Å². The lowest BCUT2D eigenvalue weighted by atomic mass is 10.1. The van der Waals surface area contributed by atoms with E-state index < -0.39 is 0 Å². The van der Waals surface area contributed by atoms with Crippen molar-refractivity contribution in [3.63, 3.8) is 0 Å². The Morgan fingerprint density at radius 1 is 0.750 bits per heavy atom.